The number of quaternary nitrogens is 1. The van der Waals surface area contributed by atoms with Crippen molar-refractivity contribution in [3.8, 4) is 0 Å². The summed E-state index contributed by atoms with van der Waals surface area (Å²) in [6.07, 6.45) is 1.62. The van der Waals surface area contributed by atoms with Crippen LogP contribution < -0.4 is 10.4 Å². The van der Waals surface area contributed by atoms with Gasteiger partial charge in [0.15, 0.2) is 0 Å². The first-order chi connectivity index (χ1) is 12.2. The number of hydrogen-bond donors (Lipinski definition) is 1. The highest BCUT2D eigenvalue weighted by Crippen LogP contribution is 2.19. The van der Waals surface area contributed by atoms with Crippen molar-refractivity contribution in [3.63, 3.8) is 0 Å². The highest BCUT2D eigenvalue weighted by molar-refractivity contribution is 7.14. The highest BCUT2D eigenvalue weighted by Gasteiger charge is 2.21. The van der Waals surface area contributed by atoms with E-state index in [1.807, 2.05) is 51.5 Å². The lowest BCUT2D eigenvalue weighted by Crippen LogP contribution is -2.50. The van der Waals surface area contributed by atoms with Gasteiger partial charge in [-0.05, 0) is 30.5 Å². The molecule has 0 spiro atoms. The van der Waals surface area contributed by atoms with Gasteiger partial charge in [-0.25, -0.2) is 0 Å². The predicted molar refractivity (Wildman–Crippen MR) is 102 cm³/mol. The molecule has 0 aliphatic rings. The minimum absolute atomic E-state index is 0.187. The van der Waals surface area contributed by atoms with Crippen molar-refractivity contribution in [2.24, 2.45) is 0 Å². The summed E-state index contributed by atoms with van der Waals surface area (Å²) in [5, 5.41) is 13.8. The molecule has 1 aromatic carbocycles. The number of amides is 1. The lowest BCUT2D eigenvalue weighted by Gasteiger charge is -2.29. The first kappa shape index (κ1) is 20.1. The van der Waals surface area contributed by atoms with Gasteiger partial charge in [-0.1, -0.05) is 30.3 Å². The summed E-state index contributed by atoms with van der Waals surface area (Å²) in [4.78, 5) is 25.2. The van der Waals surface area contributed by atoms with E-state index in [2.05, 4.69) is 17.4 Å². The Balaban J connectivity index is 1.95. The van der Waals surface area contributed by atoms with Crippen molar-refractivity contribution in [1.82, 2.24) is 5.32 Å². The first-order valence-corrected chi connectivity index (χ1v) is 9.48. The Labute approximate surface area is 158 Å². The van der Waals surface area contributed by atoms with Crippen LogP contribution in [0.4, 0.5) is 0 Å². The number of benzene rings is 1. The van der Waals surface area contributed by atoms with E-state index in [1.165, 1.54) is 16.9 Å². The van der Waals surface area contributed by atoms with E-state index in [9.17, 15) is 14.7 Å². The number of carbonyl (C=O) groups is 2. The maximum absolute atomic E-state index is 12.5. The standard InChI is InChI=1S/C20H26N2O3S/c1-22(2,3)14-16(13-19(23)24)21-20(25)18-12-11-17(26-18)10-9-15-7-5-4-6-8-15/h4-8,11-12,16H,9-10,13-14H2,1-3H3,(H-,21,23,24,25)/t16-/m1/s1. The van der Waals surface area contributed by atoms with Crippen LogP contribution in [0.15, 0.2) is 42.5 Å². The van der Waals surface area contributed by atoms with E-state index in [-0.39, 0.29) is 12.3 Å². The number of carboxylic acids is 1. The summed E-state index contributed by atoms with van der Waals surface area (Å²) < 4.78 is 0.561. The molecule has 6 heteroatoms. The molecule has 2 aromatic rings. The molecule has 1 heterocycles. The number of aryl methyl sites for hydroxylation is 2. The molecular formula is C20H26N2O3S. The van der Waals surface area contributed by atoms with Crippen LogP contribution in [0, 0.1) is 0 Å². The zero-order valence-corrected chi connectivity index (χ0v) is 16.3. The van der Waals surface area contributed by atoms with Gasteiger partial charge in [-0.2, -0.15) is 0 Å². The zero-order chi connectivity index (χ0) is 19.2. The molecule has 140 valence electrons. The molecule has 5 nitrogen and oxygen atoms in total. The van der Waals surface area contributed by atoms with Crippen molar-refractivity contribution in [3.05, 3.63) is 57.8 Å². The molecule has 0 bridgehead atoms. The monoisotopic (exact) mass is 374 g/mol. The molecule has 0 unspecified atom stereocenters. The number of thiophene rings is 1. The van der Waals surface area contributed by atoms with E-state index in [0.717, 1.165) is 17.7 Å². The second kappa shape index (κ2) is 8.96. The van der Waals surface area contributed by atoms with Gasteiger partial charge in [0.05, 0.1) is 38.6 Å². The molecule has 0 fully saturated rings. The van der Waals surface area contributed by atoms with E-state index in [0.29, 0.717) is 15.9 Å². The fourth-order valence-corrected chi connectivity index (χ4v) is 3.74. The smallest absolute Gasteiger partial charge is 0.261 e. The summed E-state index contributed by atoms with van der Waals surface area (Å²) in [5.74, 6) is -1.38. The maximum Gasteiger partial charge on any atom is 0.261 e. The van der Waals surface area contributed by atoms with Crippen molar-refractivity contribution >= 4 is 23.2 Å². The molecule has 26 heavy (non-hydrogen) atoms. The number of nitrogens with zero attached hydrogens (tertiary/aromatic N) is 1. The van der Waals surface area contributed by atoms with Gasteiger partial charge in [0.1, 0.15) is 0 Å². The largest absolute Gasteiger partial charge is 0.550 e. The third-order valence-electron chi connectivity index (χ3n) is 3.90. The SMILES string of the molecule is C[N+](C)(C)C[C@@H](CC(=O)[O-])NC(=O)c1ccc(CCc2ccccc2)s1. The minimum Gasteiger partial charge on any atom is -0.550 e. The molecule has 1 amide bonds. The normalized spacial score (nSPS) is 12.6. The summed E-state index contributed by atoms with van der Waals surface area (Å²) in [6, 6.07) is 13.5. The summed E-state index contributed by atoms with van der Waals surface area (Å²) in [5.41, 5.74) is 1.27. The van der Waals surface area contributed by atoms with Crippen LogP contribution in [0.3, 0.4) is 0 Å². The van der Waals surface area contributed by atoms with Gasteiger partial charge >= 0.3 is 0 Å². The Hall–Kier alpha value is -2.18. The fraction of sp³-hybridized carbons (Fsp3) is 0.400. The Morgan fingerprint density at radius 2 is 1.77 bits per heavy atom. The number of carbonyl (C=O) groups excluding carboxylic acids is 2. The lowest BCUT2D eigenvalue weighted by atomic mass is 10.1. The quantitative estimate of drug-likeness (QED) is 0.676. The summed E-state index contributed by atoms with van der Waals surface area (Å²) in [6.45, 7) is 0.520. The van der Waals surface area contributed by atoms with Gasteiger partial charge in [-0.15, -0.1) is 11.3 Å². The van der Waals surface area contributed by atoms with Gasteiger partial charge in [0, 0.05) is 17.3 Å². The van der Waals surface area contributed by atoms with Crippen molar-refractivity contribution in [2.45, 2.75) is 25.3 Å². The third kappa shape index (κ3) is 6.98. The average molecular weight is 375 g/mol. The molecule has 1 atom stereocenters. The minimum atomic E-state index is -1.15. The highest BCUT2D eigenvalue weighted by atomic mass is 32.1. The lowest BCUT2D eigenvalue weighted by molar-refractivity contribution is -0.871. The summed E-state index contributed by atoms with van der Waals surface area (Å²) in [7, 11) is 5.88. The number of rotatable bonds is 9. The predicted octanol–water partition coefficient (Wildman–Crippen LogP) is 1.48. The Kier molecular flexibility index (Phi) is 6.94. The molecule has 0 radical (unpaired) electrons. The number of nitrogens with one attached hydrogen (secondary N) is 1. The Bertz CT molecular complexity index is 735. The van der Waals surface area contributed by atoms with Crippen molar-refractivity contribution in [2.75, 3.05) is 27.7 Å². The molecular weight excluding hydrogens is 348 g/mol. The van der Waals surface area contributed by atoms with Crippen molar-refractivity contribution in [1.29, 1.82) is 0 Å². The Morgan fingerprint density at radius 1 is 1.08 bits per heavy atom. The maximum atomic E-state index is 12.5. The van der Waals surface area contributed by atoms with Crippen molar-refractivity contribution < 1.29 is 19.2 Å². The zero-order valence-electron chi connectivity index (χ0n) is 15.5. The van der Waals surface area contributed by atoms with Crippen LogP contribution in [-0.4, -0.2) is 50.1 Å². The molecule has 1 N–H and O–H groups in total. The third-order valence-corrected chi connectivity index (χ3v) is 5.05. The average Bonchev–Trinajstić information content (AvgIpc) is 3.00. The summed E-state index contributed by atoms with van der Waals surface area (Å²) >= 11 is 1.46. The number of carboxylic acid groups (broad SMARTS) is 1. The topological polar surface area (TPSA) is 69.2 Å². The van der Waals surface area contributed by atoms with Crippen LogP contribution in [-0.2, 0) is 17.6 Å². The Morgan fingerprint density at radius 3 is 2.38 bits per heavy atom. The van der Waals surface area contributed by atoms with Gasteiger partial charge in [-0.3, -0.25) is 4.79 Å². The molecule has 1 aromatic heterocycles. The fourth-order valence-electron chi connectivity index (χ4n) is 2.83. The van der Waals surface area contributed by atoms with Crippen LogP contribution in [0.2, 0.25) is 0 Å². The second-order valence-electron chi connectivity index (χ2n) is 7.47. The number of aliphatic carboxylic acids is 1. The van der Waals surface area contributed by atoms with Gasteiger partial charge < -0.3 is 19.7 Å². The molecule has 0 aliphatic heterocycles. The van der Waals surface area contributed by atoms with E-state index >= 15 is 0 Å². The number of likely N-dealkylation sites (N-methyl/N-ethyl adjacent to an activating group) is 1. The van der Waals surface area contributed by atoms with Crippen LogP contribution >= 0.6 is 11.3 Å². The van der Waals surface area contributed by atoms with Crippen LogP contribution in [0.25, 0.3) is 0 Å². The first-order valence-electron chi connectivity index (χ1n) is 8.67. The second-order valence-corrected chi connectivity index (χ2v) is 8.64. The number of hydrogen-bond acceptors (Lipinski definition) is 4. The molecule has 0 saturated heterocycles. The van der Waals surface area contributed by atoms with Crippen LogP contribution in [0.1, 0.15) is 26.5 Å². The molecule has 0 saturated carbocycles. The van der Waals surface area contributed by atoms with E-state index < -0.39 is 12.0 Å². The van der Waals surface area contributed by atoms with Gasteiger partial charge in [0.25, 0.3) is 5.91 Å². The molecule has 2 rings (SSSR count). The molecule has 0 aliphatic carbocycles. The van der Waals surface area contributed by atoms with Gasteiger partial charge in [0.2, 0.25) is 0 Å². The van der Waals surface area contributed by atoms with E-state index in [1.54, 1.807) is 0 Å². The van der Waals surface area contributed by atoms with Crippen LogP contribution in [0.5, 0.6) is 0 Å². The van der Waals surface area contributed by atoms with E-state index in [4.69, 9.17) is 0 Å².